The van der Waals surface area contributed by atoms with Crippen LogP contribution in [0, 0.1) is 0 Å². The summed E-state index contributed by atoms with van der Waals surface area (Å²) in [6.07, 6.45) is 6.64. The third kappa shape index (κ3) is 1.38. The van der Waals surface area contributed by atoms with Crippen LogP contribution < -0.4 is 5.32 Å². The Labute approximate surface area is 74.7 Å². The van der Waals surface area contributed by atoms with Crippen LogP contribution >= 0.6 is 0 Å². The molecule has 0 amide bonds. The van der Waals surface area contributed by atoms with Crippen molar-refractivity contribution in [3.8, 4) is 0 Å². The molecule has 2 fully saturated rings. The zero-order valence-electron chi connectivity index (χ0n) is 7.94. The lowest BCUT2D eigenvalue weighted by molar-refractivity contribution is -0.113. The zero-order valence-corrected chi connectivity index (χ0v) is 7.94. The van der Waals surface area contributed by atoms with Crippen molar-refractivity contribution in [1.82, 2.24) is 5.32 Å². The number of ether oxygens (including phenoxy) is 1. The Kier molecular flexibility index (Phi) is 2.37. The quantitative estimate of drug-likeness (QED) is 0.596. The smallest absolute Gasteiger partial charge is 0.0832 e. The number of hydrogen-bond acceptors (Lipinski definition) is 2. The van der Waals surface area contributed by atoms with Crippen LogP contribution in [0.5, 0.6) is 0 Å². The van der Waals surface area contributed by atoms with Crippen LogP contribution in [0.4, 0.5) is 0 Å². The van der Waals surface area contributed by atoms with E-state index in [1.807, 2.05) is 0 Å². The number of hydrogen-bond donors (Lipinski definition) is 1. The fourth-order valence-electron chi connectivity index (χ4n) is 2.57. The van der Waals surface area contributed by atoms with E-state index in [2.05, 4.69) is 12.2 Å². The molecule has 1 atom stereocenters. The Morgan fingerprint density at radius 3 is 2.67 bits per heavy atom. The molecule has 1 unspecified atom stereocenters. The monoisotopic (exact) mass is 169 g/mol. The molecular formula is C10H19NO. The first kappa shape index (κ1) is 8.52. The Morgan fingerprint density at radius 2 is 2.00 bits per heavy atom. The van der Waals surface area contributed by atoms with Gasteiger partial charge in [0.05, 0.1) is 12.2 Å². The van der Waals surface area contributed by atoms with Crippen molar-refractivity contribution in [1.29, 1.82) is 0 Å². The maximum absolute atomic E-state index is 5.96. The maximum Gasteiger partial charge on any atom is 0.0832 e. The van der Waals surface area contributed by atoms with Gasteiger partial charge < -0.3 is 10.1 Å². The molecule has 0 aromatic heterocycles. The van der Waals surface area contributed by atoms with E-state index in [1.54, 1.807) is 0 Å². The second kappa shape index (κ2) is 3.35. The highest BCUT2D eigenvalue weighted by atomic mass is 16.5. The van der Waals surface area contributed by atoms with E-state index in [0.29, 0.717) is 6.04 Å². The third-order valence-electron chi connectivity index (χ3n) is 3.43. The average molecular weight is 169 g/mol. The maximum atomic E-state index is 5.96. The first-order valence-electron chi connectivity index (χ1n) is 5.21. The molecular weight excluding hydrogens is 150 g/mol. The van der Waals surface area contributed by atoms with Gasteiger partial charge in [0.1, 0.15) is 0 Å². The fourth-order valence-corrected chi connectivity index (χ4v) is 2.57. The lowest BCUT2D eigenvalue weighted by atomic mass is 9.79. The van der Waals surface area contributed by atoms with Crippen LogP contribution in [0.15, 0.2) is 0 Å². The molecule has 2 nitrogen and oxygen atoms in total. The predicted octanol–water partition coefficient (Wildman–Crippen LogP) is 1.70. The van der Waals surface area contributed by atoms with Gasteiger partial charge in [0.25, 0.3) is 0 Å². The molecule has 1 saturated heterocycles. The lowest BCUT2D eigenvalue weighted by Gasteiger charge is -2.45. The molecule has 0 radical (unpaired) electrons. The van der Waals surface area contributed by atoms with Crippen molar-refractivity contribution in [3.05, 3.63) is 0 Å². The molecule has 1 heterocycles. The predicted molar refractivity (Wildman–Crippen MR) is 49.2 cm³/mol. The standard InChI is InChI=1S/C10H19NO/c1-9-10(12-8-7-11-9)5-3-2-4-6-10/h9,11H,2-8H2,1H3. The summed E-state index contributed by atoms with van der Waals surface area (Å²) in [7, 11) is 0. The summed E-state index contributed by atoms with van der Waals surface area (Å²) in [6, 6.07) is 0.562. The van der Waals surface area contributed by atoms with E-state index in [0.717, 1.165) is 13.2 Å². The van der Waals surface area contributed by atoms with Gasteiger partial charge in [-0.1, -0.05) is 19.3 Å². The minimum atomic E-state index is 0.205. The molecule has 2 rings (SSSR count). The lowest BCUT2D eigenvalue weighted by Crippen LogP contribution is -2.57. The Hall–Kier alpha value is -0.0800. The van der Waals surface area contributed by atoms with Crippen LogP contribution in [0.1, 0.15) is 39.0 Å². The van der Waals surface area contributed by atoms with Crippen LogP contribution in [0.2, 0.25) is 0 Å². The summed E-state index contributed by atoms with van der Waals surface area (Å²) < 4.78 is 5.96. The van der Waals surface area contributed by atoms with Crippen LogP contribution in [0.25, 0.3) is 0 Å². The molecule has 0 bridgehead atoms. The highest BCUT2D eigenvalue weighted by molar-refractivity contribution is 4.95. The Morgan fingerprint density at radius 1 is 1.25 bits per heavy atom. The van der Waals surface area contributed by atoms with Crippen LogP contribution in [0.3, 0.4) is 0 Å². The van der Waals surface area contributed by atoms with Crippen molar-refractivity contribution >= 4 is 0 Å². The van der Waals surface area contributed by atoms with Crippen molar-refractivity contribution in [3.63, 3.8) is 0 Å². The molecule has 1 aliphatic heterocycles. The molecule has 70 valence electrons. The number of morpholine rings is 1. The third-order valence-corrected chi connectivity index (χ3v) is 3.43. The summed E-state index contributed by atoms with van der Waals surface area (Å²) in [5, 5.41) is 3.52. The molecule has 0 aromatic carbocycles. The van der Waals surface area contributed by atoms with Crippen LogP contribution in [-0.2, 0) is 4.74 Å². The first-order valence-corrected chi connectivity index (χ1v) is 5.21. The van der Waals surface area contributed by atoms with Gasteiger partial charge in [-0.15, -0.1) is 0 Å². The molecule has 2 aliphatic rings. The molecule has 1 N–H and O–H groups in total. The second-order valence-corrected chi connectivity index (χ2v) is 4.15. The second-order valence-electron chi connectivity index (χ2n) is 4.15. The minimum Gasteiger partial charge on any atom is -0.372 e. The number of rotatable bonds is 0. The molecule has 1 spiro atoms. The van der Waals surface area contributed by atoms with Gasteiger partial charge in [-0.3, -0.25) is 0 Å². The molecule has 12 heavy (non-hydrogen) atoms. The van der Waals surface area contributed by atoms with E-state index < -0.39 is 0 Å². The molecule has 2 heteroatoms. The topological polar surface area (TPSA) is 21.3 Å². The SMILES string of the molecule is CC1NCCOC12CCCCC2. The van der Waals surface area contributed by atoms with Crippen molar-refractivity contribution in [2.24, 2.45) is 0 Å². The highest BCUT2D eigenvalue weighted by Crippen LogP contribution is 2.35. The van der Waals surface area contributed by atoms with Gasteiger partial charge in [0.15, 0.2) is 0 Å². The minimum absolute atomic E-state index is 0.205. The fraction of sp³-hybridized carbons (Fsp3) is 1.00. The van der Waals surface area contributed by atoms with Crippen molar-refractivity contribution < 1.29 is 4.74 Å². The zero-order chi connectivity index (χ0) is 8.44. The Bertz CT molecular complexity index is 144. The number of nitrogens with one attached hydrogen (secondary N) is 1. The molecule has 0 aromatic rings. The van der Waals surface area contributed by atoms with Gasteiger partial charge in [-0.2, -0.15) is 0 Å². The van der Waals surface area contributed by atoms with Gasteiger partial charge in [0, 0.05) is 12.6 Å². The van der Waals surface area contributed by atoms with Crippen molar-refractivity contribution in [2.75, 3.05) is 13.2 Å². The van der Waals surface area contributed by atoms with Gasteiger partial charge in [-0.05, 0) is 19.8 Å². The highest BCUT2D eigenvalue weighted by Gasteiger charge is 2.40. The van der Waals surface area contributed by atoms with Crippen LogP contribution in [-0.4, -0.2) is 24.8 Å². The van der Waals surface area contributed by atoms with E-state index in [1.165, 1.54) is 32.1 Å². The van der Waals surface area contributed by atoms with E-state index >= 15 is 0 Å². The summed E-state index contributed by atoms with van der Waals surface area (Å²) in [6.45, 7) is 4.21. The van der Waals surface area contributed by atoms with Gasteiger partial charge >= 0.3 is 0 Å². The van der Waals surface area contributed by atoms with Gasteiger partial charge in [-0.25, -0.2) is 0 Å². The average Bonchev–Trinajstić information content (AvgIpc) is 2.12. The molecule has 1 saturated carbocycles. The summed E-state index contributed by atoms with van der Waals surface area (Å²) in [4.78, 5) is 0. The summed E-state index contributed by atoms with van der Waals surface area (Å²) >= 11 is 0. The Balaban J connectivity index is 2.04. The summed E-state index contributed by atoms with van der Waals surface area (Å²) in [5.41, 5.74) is 0.205. The summed E-state index contributed by atoms with van der Waals surface area (Å²) in [5.74, 6) is 0. The van der Waals surface area contributed by atoms with E-state index in [-0.39, 0.29) is 5.60 Å². The van der Waals surface area contributed by atoms with E-state index in [9.17, 15) is 0 Å². The first-order chi connectivity index (χ1) is 5.83. The normalized spacial score (nSPS) is 35.2. The van der Waals surface area contributed by atoms with Crippen molar-refractivity contribution in [2.45, 2.75) is 50.7 Å². The van der Waals surface area contributed by atoms with Gasteiger partial charge in [0.2, 0.25) is 0 Å². The largest absolute Gasteiger partial charge is 0.372 e. The molecule has 1 aliphatic carbocycles. The van der Waals surface area contributed by atoms with E-state index in [4.69, 9.17) is 4.74 Å².